The van der Waals surface area contributed by atoms with Gasteiger partial charge in [0.05, 0.1) is 12.2 Å². The first-order valence-electron chi connectivity index (χ1n) is 6.38. The Morgan fingerprint density at radius 1 is 1.55 bits per heavy atom. The molecule has 0 atom stereocenters. The molecule has 0 aliphatic rings. The lowest BCUT2D eigenvalue weighted by molar-refractivity contribution is 0.0790. The van der Waals surface area contributed by atoms with E-state index in [0.717, 1.165) is 21.5 Å². The van der Waals surface area contributed by atoms with Crippen molar-refractivity contribution >= 4 is 33.1 Å². The maximum absolute atomic E-state index is 12.5. The van der Waals surface area contributed by atoms with Gasteiger partial charge in [-0.3, -0.25) is 4.79 Å². The van der Waals surface area contributed by atoms with Crippen LogP contribution in [-0.2, 0) is 0 Å². The molecular weight excluding hydrogens is 270 g/mol. The number of hydrogen-bond acceptors (Lipinski definition) is 4. The van der Waals surface area contributed by atoms with Crippen LogP contribution in [0.15, 0.2) is 6.07 Å². The molecule has 0 fully saturated rings. The van der Waals surface area contributed by atoms with Crippen LogP contribution >= 0.6 is 11.3 Å². The highest BCUT2D eigenvalue weighted by Gasteiger charge is 2.22. The molecule has 0 unspecified atom stereocenters. The SMILES string of the molecule is C#CCN(CC)C(=O)c1sc2nc(C)cc(C)c2c1N. The fourth-order valence-corrected chi connectivity index (χ4v) is 3.39. The van der Waals surface area contributed by atoms with Crippen LogP contribution in [0, 0.1) is 26.2 Å². The van der Waals surface area contributed by atoms with E-state index in [4.69, 9.17) is 12.2 Å². The molecule has 0 saturated heterocycles. The standard InChI is InChI=1S/C15H17N3OS/c1-5-7-18(6-2)15(19)13-12(16)11-9(3)8-10(4)17-14(11)20-13/h1,8H,6-7,16H2,2-4H3. The van der Waals surface area contributed by atoms with Crippen molar-refractivity contribution in [2.24, 2.45) is 0 Å². The molecule has 0 spiro atoms. The van der Waals surface area contributed by atoms with E-state index in [-0.39, 0.29) is 12.5 Å². The Morgan fingerprint density at radius 2 is 2.25 bits per heavy atom. The van der Waals surface area contributed by atoms with Crippen molar-refractivity contribution in [2.75, 3.05) is 18.8 Å². The molecule has 20 heavy (non-hydrogen) atoms. The molecule has 5 heteroatoms. The topological polar surface area (TPSA) is 59.2 Å². The maximum atomic E-state index is 12.5. The summed E-state index contributed by atoms with van der Waals surface area (Å²) in [6, 6.07) is 1.97. The van der Waals surface area contributed by atoms with Crippen LogP contribution in [0.2, 0.25) is 0 Å². The van der Waals surface area contributed by atoms with Crippen molar-refractivity contribution in [1.82, 2.24) is 9.88 Å². The van der Waals surface area contributed by atoms with E-state index in [0.29, 0.717) is 17.1 Å². The van der Waals surface area contributed by atoms with Crippen LogP contribution in [0.25, 0.3) is 10.2 Å². The minimum absolute atomic E-state index is 0.122. The quantitative estimate of drug-likeness (QED) is 0.883. The summed E-state index contributed by atoms with van der Waals surface area (Å²) >= 11 is 1.33. The van der Waals surface area contributed by atoms with Crippen LogP contribution in [0.1, 0.15) is 27.9 Å². The summed E-state index contributed by atoms with van der Waals surface area (Å²) in [6.07, 6.45) is 5.29. The first-order valence-corrected chi connectivity index (χ1v) is 7.20. The normalized spacial score (nSPS) is 10.5. The molecule has 104 valence electrons. The molecule has 0 radical (unpaired) electrons. The van der Waals surface area contributed by atoms with E-state index < -0.39 is 0 Å². The third kappa shape index (κ3) is 2.35. The van der Waals surface area contributed by atoms with Crippen molar-refractivity contribution in [2.45, 2.75) is 20.8 Å². The Labute approximate surface area is 122 Å². The number of hydrogen-bond donors (Lipinski definition) is 1. The van der Waals surface area contributed by atoms with Crippen LogP contribution < -0.4 is 5.73 Å². The molecule has 2 N–H and O–H groups in total. The molecular formula is C15H17N3OS. The molecule has 0 aromatic carbocycles. The highest BCUT2D eigenvalue weighted by atomic mass is 32.1. The largest absolute Gasteiger partial charge is 0.397 e. The lowest BCUT2D eigenvalue weighted by Gasteiger charge is -2.17. The monoisotopic (exact) mass is 287 g/mol. The van der Waals surface area contributed by atoms with Crippen LogP contribution in [0.3, 0.4) is 0 Å². The second-order valence-electron chi connectivity index (χ2n) is 4.63. The first kappa shape index (κ1) is 14.4. The van der Waals surface area contributed by atoms with Crippen LogP contribution in [-0.4, -0.2) is 28.9 Å². The number of nitrogens with zero attached hydrogens (tertiary/aromatic N) is 2. The Bertz CT molecular complexity index is 712. The Balaban J connectivity index is 2.56. The van der Waals surface area contributed by atoms with Gasteiger partial charge in [0.25, 0.3) is 5.91 Å². The fraction of sp³-hybridized carbons (Fsp3) is 0.333. The number of nitrogens with two attached hydrogens (primary N) is 1. The number of carbonyl (C=O) groups excluding carboxylic acids is 1. The zero-order chi connectivity index (χ0) is 14.9. The summed E-state index contributed by atoms with van der Waals surface area (Å²) in [5.74, 6) is 2.37. The average molecular weight is 287 g/mol. The van der Waals surface area contributed by atoms with Crippen molar-refractivity contribution < 1.29 is 4.79 Å². The third-order valence-electron chi connectivity index (χ3n) is 3.17. The van der Waals surface area contributed by atoms with E-state index in [1.807, 2.05) is 26.8 Å². The number of amides is 1. The predicted molar refractivity (Wildman–Crippen MR) is 83.9 cm³/mol. The molecule has 2 aromatic heterocycles. The first-order chi connectivity index (χ1) is 9.49. The second kappa shape index (κ2) is 5.51. The summed E-state index contributed by atoms with van der Waals surface area (Å²) in [4.78, 5) is 19.9. The summed E-state index contributed by atoms with van der Waals surface area (Å²) < 4.78 is 0. The zero-order valence-electron chi connectivity index (χ0n) is 11.9. The molecule has 4 nitrogen and oxygen atoms in total. The number of rotatable bonds is 3. The number of aromatic nitrogens is 1. The van der Waals surface area contributed by atoms with Gasteiger partial charge in [-0.15, -0.1) is 17.8 Å². The minimum atomic E-state index is -0.122. The van der Waals surface area contributed by atoms with Gasteiger partial charge in [-0.25, -0.2) is 4.98 Å². The smallest absolute Gasteiger partial charge is 0.266 e. The highest BCUT2D eigenvalue weighted by Crippen LogP contribution is 2.35. The molecule has 0 saturated carbocycles. The molecule has 0 bridgehead atoms. The van der Waals surface area contributed by atoms with Crippen molar-refractivity contribution in [1.29, 1.82) is 0 Å². The second-order valence-corrected chi connectivity index (χ2v) is 5.63. The van der Waals surface area contributed by atoms with Crippen LogP contribution in [0.5, 0.6) is 0 Å². The lowest BCUT2D eigenvalue weighted by Crippen LogP contribution is -2.30. The highest BCUT2D eigenvalue weighted by molar-refractivity contribution is 7.21. The van der Waals surface area contributed by atoms with Crippen molar-refractivity contribution in [3.63, 3.8) is 0 Å². The van der Waals surface area contributed by atoms with Gasteiger partial charge in [0.1, 0.15) is 9.71 Å². The molecule has 2 aromatic rings. The lowest BCUT2D eigenvalue weighted by atomic mass is 10.1. The van der Waals surface area contributed by atoms with E-state index in [1.165, 1.54) is 11.3 Å². The summed E-state index contributed by atoms with van der Waals surface area (Å²) in [6.45, 7) is 6.65. The Hall–Kier alpha value is -2.06. The number of carbonyl (C=O) groups is 1. The Kier molecular flexibility index (Phi) is 3.96. The summed E-state index contributed by atoms with van der Waals surface area (Å²) in [7, 11) is 0. The molecule has 1 amide bonds. The van der Waals surface area contributed by atoms with E-state index >= 15 is 0 Å². The van der Waals surface area contributed by atoms with Gasteiger partial charge in [-0.05, 0) is 32.4 Å². The fourth-order valence-electron chi connectivity index (χ4n) is 2.21. The number of thiophene rings is 1. The molecule has 0 aliphatic heterocycles. The van der Waals surface area contributed by atoms with Gasteiger partial charge in [0.15, 0.2) is 0 Å². The van der Waals surface area contributed by atoms with E-state index in [1.54, 1.807) is 4.90 Å². The summed E-state index contributed by atoms with van der Waals surface area (Å²) in [5.41, 5.74) is 8.62. The number of anilines is 1. The number of terminal acetylenes is 1. The molecule has 2 rings (SSSR count). The third-order valence-corrected chi connectivity index (χ3v) is 4.26. The van der Waals surface area contributed by atoms with E-state index in [2.05, 4.69) is 10.9 Å². The number of pyridine rings is 1. The van der Waals surface area contributed by atoms with Gasteiger partial charge in [0.2, 0.25) is 0 Å². The zero-order valence-corrected chi connectivity index (χ0v) is 12.7. The molecule has 0 aliphatic carbocycles. The van der Waals surface area contributed by atoms with Crippen molar-refractivity contribution in [3.8, 4) is 12.3 Å². The average Bonchev–Trinajstić information content (AvgIpc) is 2.72. The van der Waals surface area contributed by atoms with Gasteiger partial charge in [-0.2, -0.15) is 0 Å². The minimum Gasteiger partial charge on any atom is -0.397 e. The number of fused-ring (bicyclic) bond motifs is 1. The van der Waals surface area contributed by atoms with Gasteiger partial charge in [-0.1, -0.05) is 5.92 Å². The number of aryl methyl sites for hydroxylation is 2. The Morgan fingerprint density at radius 3 is 2.85 bits per heavy atom. The van der Waals surface area contributed by atoms with Crippen molar-refractivity contribution in [3.05, 3.63) is 22.2 Å². The van der Waals surface area contributed by atoms with E-state index in [9.17, 15) is 4.79 Å². The predicted octanol–water partition coefficient (Wildman–Crippen LogP) is 2.59. The van der Waals surface area contributed by atoms with Gasteiger partial charge < -0.3 is 10.6 Å². The summed E-state index contributed by atoms with van der Waals surface area (Å²) in [5, 5.41) is 0.876. The van der Waals surface area contributed by atoms with Crippen LogP contribution in [0.4, 0.5) is 5.69 Å². The molecule has 2 heterocycles. The maximum Gasteiger partial charge on any atom is 0.266 e. The van der Waals surface area contributed by atoms with Gasteiger partial charge in [0, 0.05) is 17.6 Å². The number of nitrogen functional groups attached to an aromatic ring is 1. The van der Waals surface area contributed by atoms with Gasteiger partial charge >= 0.3 is 0 Å².